The second-order valence-corrected chi connectivity index (χ2v) is 8.36. The van der Waals surface area contributed by atoms with Crippen LogP contribution in [0, 0.1) is 5.92 Å². The fourth-order valence-corrected chi connectivity index (χ4v) is 3.97. The average molecular weight is 453 g/mol. The molecule has 2 aromatic rings. The Labute approximate surface area is 195 Å². The van der Waals surface area contributed by atoms with Crippen molar-refractivity contribution in [3.8, 4) is 11.5 Å². The number of benzene rings is 2. The third-order valence-corrected chi connectivity index (χ3v) is 5.46. The van der Waals surface area contributed by atoms with Crippen molar-refractivity contribution in [1.29, 1.82) is 0 Å². The largest absolute Gasteiger partial charge is 0.490 e. The number of nitrogens with one attached hydrogen (secondary N) is 1. The molecule has 1 atom stereocenters. The fraction of sp³-hybridized carbons (Fsp3) is 0.423. The van der Waals surface area contributed by atoms with E-state index in [1.54, 1.807) is 24.3 Å². The summed E-state index contributed by atoms with van der Waals surface area (Å²) in [5.41, 5.74) is 1.69. The first-order valence-electron chi connectivity index (χ1n) is 11.5. The van der Waals surface area contributed by atoms with E-state index in [4.69, 9.17) is 9.47 Å². The van der Waals surface area contributed by atoms with E-state index >= 15 is 0 Å². The molecule has 0 bridgehead atoms. The van der Waals surface area contributed by atoms with E-state index in [0.717, 1.165) is 10.5 Å². The number of carbonyl (C=O) groups excluding carboxylic acids is 3. The van der Waals surface area contributed by atoms with Crippen LogP contribution < -0.4 is 14.8 Å². The van der Waals surface area contributed by atoms with Gasteiger partial charge in [-0.25, -0.2) is 0 Å². The molecular formula is C26H32N2O5. The minimum absolute atomic E-state index is 0.130. The fourth-order valence-electron chi connectivity index (χ4n) is 3.97. The monoisotopic (exact) mass is 452 g/mol. The van der Waals surface area contributed by atoms with E-state index in [1.165, 1.54) is 0 Å². The maximum absolute atomic E-state index is 13.1. The number of amides is 3. The van der Waals surface area contributed by atoms with Gasteiger partial charge in [0.05, 0.1) is 24.3 Å². The summed E-state index contributed by atoms with van der Waals surface area (Å²) in [4.78, 5) is 40.0. The molecule has 1 unspecified atom stereocenters. The number of hydrogen-bond donors (Lipinski definition) is 1. The first kappa shape index (κ1) is 24.3. The normalized spacial score (nSPS) is 13.8. The van der Waals surface area contributed by atoms with E-state index in [-0.39, 0.29) is 11.8 Å². The Morgan fingerprint density at radius 3 is 2.12 bits per heavy atom. The standard InChI is InChI=1S/C26H32N2O5/c1-5-32-22-12-11-18(16-23(22)33-6-2)13-14-27-24(29)21(15-17(3)4)28-25(30)19-9-7-8-10-20(19)26(28)31/h7-12,16-17,21H,5-6,13-15H2,1-4H3,(H,27,29). The molecular weight excluding hydrogens is 420 g/mol. The van der Waals surface area contributed by atoms with Crippen LogP contribution >= 0.6 is 0 Å². The Morgan fingerprint density at radius 2 is 1.55 bits per heavy atom. The highest BCUT2D eigenvalue weighted by molar-refractivity contribution is 6.22. The first-order valence-corrected chi connectivity index (χ1v) is 11.5. The maximum Gasteiger partial charge on any atom is 0.262 e. The van der Waals surface area contributed by atoms with E-state index in [1.807, 2.05) is 45.9 Å². The lowest BCUT2D eigenvalue weighted by Gasteiger charge is -2.26. The summed E-state index contributed by atoms with van der Waals surface area (Å²) in [5, 5.41) is 2.92. The summed E-state index contributed by atoms with van der Waals surface area (Å²) in [7, 11) is 0. The van der Waals surface area contributed by atoms with Crippen LogP contribution in [0.15, 0.2) is 42.5 Å². The molecule has 0 fully saturated rings. The Kier molecular flexibility index (Phi) is 8.09. The molecule has 0 aliphatic carbocycles. The number of fused-ring (bicyclic) bond motifs is 1. The predicted molar refractivity (Wildman–Crippen MR) is 126 cm³/mol. The predicted octanol–water partition coefficient (Wildman–Crippen LogP) is 3.85. The molecule has 0 radical (unpaired) electrons. The Bertz CT molecular complexity index is 982. The minimum atomic E-state index is -0.850. The Balaban J connectivity index is 1.69. The molecule has 1 heterocycles. The number of rotatable bonds is 11. The molecule has 176 valence electrons. The third-order valence-electron chi connectivity index (χ3n) is 5.46. The van der Waals surface area contributed by atoms with Crippen LogP contribution in [0.1, 0.15) is 60.4 Å². The van der Waals surface area contributed by atoms with Gasteiger partial charge in [0.15, 0.2) is 11.5 Å². The van der Waals surface area contributed by atoms with Gasteiger partial charge >= 0.3 is 0 Å². The zero-order valence-electron chi connectivity index (χ0n) is 19.7. The summed E-state index contributed by atoms with van der Waals surface area (Å²) in [6.07, 6.45) is 0.976. The number of nitrogens with zero attached hydrogens (tertiary/aromatic N) is 1. The van der Waals surface area contributed by atoms with Crippen molar-refractivity contribution in [1.82, 2.24) is 10.2 Å². The van der Waals surface area contributed by atoms with Gasteiger partial charge in [0.1, 0.15) is 6.04 Å². The molecule has 1 aliphatic rings. The number of imide groups is 1. The van der Waals surface area contributed by atoms with Gasteiger partial charge in [0.2, 0.25) is 5.91 Å². The maximum atomic E-state index is 13.1. The van der Waals surface area contributed by atoms with Gasteiger partial charge in [-0.2, -0.15) is 0 Å². The zero-order chi connectivity index (χ0) is 24.0. The summed E-state index contributed by atoms with van der Waals surface area (Å²) in [6, 6.07) is 11.6. The lowest BCUT2D eigenvalue weighted by Crippen LogP contribution is -2.50. The van der Waals surface area contributed by atoms with Crippen molar-refractivity contribution in [2.45, 2.75) is 46.6 Å². The Morgan fingerprint density at radius 1 is 0.939 bits per heavy atom. The van der Waals surface area contributed by atoms with E-state index in [9.17, 15) is 14.4 Å². The highest BCUT2D eigenvalue weighted by atomic mass is 16.5. The van der Waals surface area contributed by atoms with Gasteiger partial charge in [0.25, 0.3) is 11.8 Å². The molecule has 1 N–H and O–H groups in total. The summed E-state index contributed by atoms with van der Waals surface area (Å²) < 4.78 is 11.3. The smallest absolute Gasteiger partial charge is 0.262 e. The highest BCUT2D eigenvalue weighted by Crippen LogP contribution is 2.29. The number of ether oxygens (including phenoxy) is 2. The van der Waals surface area contributed by atoms with Gasteiger partial charge < -0.3 is 14.8 Å². The van der Waals surface area contributed by atoms with E-state index in [2.05, 4.69) is 5.32 Å². The topological polar surface area (TPSA) is 84.9 Å². The lowest BCUT2D eigenvalue weighted by molar-refractivity contribution is -0.125. The van der Waals surface area contributed by atoms with Gasteiger partial charge in [-0.15, -0.1) is 0 Å². The summed E-state index contributed by atoms with van der Waals surface area (Å²) >= 11 is 0. The molecule has 3 rings (SSSR count). The van der Waals surface area contributed by atoms with Crippen molar-refractivity contribution in [3.05, 3.63) is 59.2 Å². The SMILES string of the molecule is CCOc1ccc(CCNC(=O)C(CC(C)C)N2C(=O)c3ccccc3C2=O)cc1OCC. The van der Waals surface area contributed by atoms with Crippen molar-refractivity contribution in [3.63, 3.8) is 0 Å². The molecule has 33 heavy (non-hydrogen) atoms. The molecule has 7 heteroatoms. The average Bonchev–Trinajstić information content (AvgIpc) is 3.04. The summed E-state index contributed by atoms with van der Waals surface area (Å²) in [5.74, 6) is 0.342. The van der Waals surface area contributed by atoms with Crippen LogP contribution in [0.25, 0.3) is 0 Å². The molecule has 0 saturated heterocycles. The lowest BCUT2D eigenvalue weighted by atomic mass is 10.0. The molecule has 0 saturated carbocycles. The van der Waals surface area contributed by atoms with Crippen molar-refractivity contribution < 1.29 is 23.9 Å². The molecule has 1 aliphatic heterocycles. The van der Waals surface area contributed by atoms with Crippen molar-refractivity contribution in [2.75, 3.05) is 19.8 Å². The molecule has 7 nitrogen and oxygen atoms in total. The van der Waals surface area contributed by atoms with Crippen molar-refractivity contribution >= 4 is 17.7 Å². The first-order chi connectivity index (χ1) is 15.9. The quantitative estimate of drug-likeness (QED) is 0.524. The third kappa shape index (κ3) is 5.53. The molecule has 2 aromatic carbocycles. The van der Waals surface area contributed by atoms with Gasteiger partial charge in [-0.05, 0) is 62.4 Å². The highest BCUT2D eigenvalue weighted by Gasteiger charge is 2.42. The molecule has 0 spiro atoms. The van der Waals surface area contributed by atoms with E-state index in [0.29, 0.717) is 55.2 Å². The number of hydrogen-bond acceptors (Lipinski definition) is 5. The van der Waals surface area contributed by atoms with Gasteiger partial charge in [-0.3, -0.25) is 19.3 Å². The number of carbonyl (C=O) groups is 3. The van der Waals surface area contributed by atoms with Crippen molar-refractivity contribution in [2.24, 2.45) is 5.92 Å². The zero-order valence-corrected chi connectivity index (χ0v) is 19.7. The van der Waals surface area contributed by atoms with Crippen LogP contribution in [-0.4, -0.2) is 48.4 Å². The second kappa shape index (κ2) is 11.0. The van der Waals surface area contributed by atoms with Crippen LogP contribution in [-0.2, 0) is 11.2 Å². The van der Waals surface area contributed by atoms with Crippen LogP contribution in [0.3, 0.4) is 0 Å². The Hall–Kier alpha value is -3.35. The minimum Gasteiger partial charge on any atom is -0.490 e. The van der Waals surface area contributed by atoms with Gasteiger partial charge in [0, 0.05) is 6.54 Å². The van der Waals surface area contributed by atoms with E-state index < -0.39 is 17.9 Å². The van der Waals surface area contributed by atoms with Gasteiger partial charge in [-0.1, -0.05) is 32.0 Å². The second-order valence-electron chi connectivity index (χ2n) is 8.36. The van der Waals surface area contributed by atoms with Crippen LogP contribution in [0.2, 0.25) is 0 Å². The summed E-state index contributed by atoms with van der Waals surface area (Å²) in [6.45, 7) is 9.21. The van der Waals surface area contributed by atoms with Crippen LogP contribution in [0.5, 0.6) is 11.5 Å². The molecule has 3 amide bonds. The molecule has 0 aromatic heterocycles. The van der Waals surface area contributed by atoms with Crippen LogP contribution in [0.4, 0.5) is 0 Å².